The Morgan fingerprint density at radius 3 is 2.66 bits per heavy atom. The van der Waals surface area contributed by atoms with E-state index in [-0.39, 0.29) is 47.6 Å². The Labute approximate surface area is 185 Å². The quantitative estimate of drug-likeness (QED) is 0.675. The van der Waals surface area contributed by atoms with E-state index in [1.165, 1.54) is 7.11 Å². The van der Waals surface area contributed by atoms with Gasteiger partial charge in [0, 0.05) is 23.2 Å². The molecule has 2 bridgehead atoms. The molecular weight excluding hydrogens is 412 g/mol. The van der Waals surface area contributed by atoms with Crippen molar-refractivity contribution < 1.29 is 28.6 Å². The lowest BCUT2D eigenvalue weighted by atomic mass is 9.79. The van der Waals surface area contributed by atoms with Crippen LogP contribution in [0.15, 0.2) is 42.5 Å². The highest BCUT2D eigenvalue weighted by Crippen LogP contribution is 2.57. The Kier molecular flexibility index (Phi) is 5.00. The monoisotopic (exact) mass is 436 g/mol. The molecule has 2 N–H and O–H groups in total. The number of rotatable bonds is 6. The van der Waals surface area contributed by atoms with Gasteiger partial charge in [0.1, 0.15) is 17.6 Å². The van der Waals surface area contributed by atoms with Crippen LogP contribution < -0.4 is 20.1 Å². The first-order valence-electron chi connectivity index (χ1n) is 10.6. The van der Waals surface area contributed by atoms with Crippen LogP contribution in [0.25, 0.3) is 0 Å². The van der Waals surface area contributed by atoms with Crippen molar-refractivity contribution in [2.24, 2.45) is 23.7 Å². The maximum absolute atomic E-state index is 13.0. The molecule has 2 aromatic rings. The van der Waals surface area contributed by atoms with Gasteiger partial charge < -0.3 is 24.8 Å². The van der Waals surface area contributed by atoms with Gasteiger partial charge in [0.15, 0.2) is 0 Å². The van der Waals surface area contributed by atoms with Crippen molar-refractivity contribution in [3.05, 3.63) is 48.0 Å². The van der Waals surface area contributed by atoms with E-state index in [1.54, 1.807) is 49.6 Å². The summed E-state index contributed by atoms with van der Waals surface area (Å²) >= 11 is 0. The Morgan fingerprint density at radius 2 is 1.88 bits per heavy atom. The fraction of sp³-hybridized carbons (Fsp3) is 0.375. The topological polar surface area (TPSA) is 103 Å². The number of hydrogen-bond acceptors (Lipinski definition) is 6. The normalized spacial score (nSPS) is 27.1. The summed E-state index contributed by atoms with van der Waals surface area (Å²) in [4.78, 5) is 38.0. The number of carbonyl (C=O) groups excluding carboxylic acids is 3. The van der Waals surface area contributed by atoms with E-state index in [4.69, 9.17) is 14.2 Å². The van der Waals surface area contributed by atoms with Gasteiger partial charge >= 0.3 is 5.97 Å². The largest absolute Gasteiger partial charge is 0.497 e. The number of carbonyl (C=O) groups is 3. The zero-order valence-electron chi connectivity index (χ0n) is 17.8. The third kappa shape index (κ3) is 3.36. The van der Waals surface area contributed by atoms with Crippen LogP contribution >= 0.6 is 0 Å². The van der Waals surface area contributed by atoms with E-state index in [1.807, 2.05) is 0 Å². The predicted octanol–water partition coefficient (Wildman–Crippen LogP) is 3.09. The third-order valence-electron chi connectivity index (χ3n) is 6.84. The molecule has 2 aromatic carbocycles. The minimum Gasteiger partial charge on any atom is -0.497 e. The van der Waals surface area contributed by atoms with Gasteiger partial charge in [0.05, 0.1) is 31.7 Å². The first kappa shape index (κ1) is 20.4. The molecule has 5 rings (SSSR count). The summed E-state index contributed by atoms with van der Waals surface area (Å²) < 4.78 is 15.9. The van der Waals surface area contributed by atoms with Crippen LogP contribution in [0.5, 0.6) is 11.5 Å². The number of hydrogen-bond donors (Lipinski definition) is 2. The summed E-state index contributed by atoms with van der Waals surface area (Å²) in [5.74, 6) is -0.0548. The summed E-state index contributed by atoms with van der Waals surface area (Å²) in [6.07, 6.45) is 1.62. The van der Waals surface area contributed by atoms with Crippen LogP contribution in [-0.2, 0) is 14.3 Å². The van der Waals surface area contributed by atoms with Crippen molar-refractivity contribution in [3.8, 4) is 11.5 Å². The minimum atomic E-state index is -0.368. The molecule has 1 saturated heterocycles. The molecule has 2 amide bonds. The highest BCUT2D eigenvalue weighted by Gasteiger charge is 2.63. The molecule has 8 nitrogen and oxygen atoms in total. The Hall–Kier alpha value is -3.55. The van der Waals surface area contributed by atoms with Crippen LogP contribution in [0.3, 0.4) is 0 Å². The zero-order chi connectivity index (χ0) is 22.4. The standard InChI is InChI=1S/C24H24N2O6/c1-30-15-6-7-17(19(11-15)31-2)26-22(27)12-4-3-5-14(8-12)25-23(28)20-13-9-16-18(10-13)32-24(29)21(16)20/h3-8,11,13,16,18,20-21H,9-10H2,1-2H3,(H,25,28)(H,26,27)/t13-,16+,18-,20-,21+/m1/s1. The van der Waals surface area contributed by atoms with E-state index >= 15 is 0 Å². The van der Waals surface area contributed by atoms with Crippen molar-refractivity contribution in [2.45, 2.75) is 18.9 Å². The van der Waals surface area contributed by atoms with Gasteiger partial charge in [0.2, 0.25) is 5.91 Å². The molecule has 0 spiro atoms. The molecule has 5 atom stereocenters. The zero-order valence-corrected chi connectivity index (χ0v) is 17.8. The smallest absolute Gasteiger partial charge is 0.310 e. The maximum atomic E-state index is 13.0. The van der Waals surface area contributed by atoms with Gasteiger partial charge in [-0.2, -0.15) is 0 Å². The second-order valence-corrected chi connectivity index (χ2v) is 8.51. The summed E-state index contributed by atoms with van der Waals surface area (Å²) in [6, 6.07) is 11.8. The Bertz CT molecular complexity index is 1100. The second kappa shape index (κ2) is 7.85. The highest BCUT2D eigenvalue weighted by atomic mass is 16.6. The van der Waals surface area contributed by atoms with Crippen LogP contribution in [0.2, 0.25) is 0 Å². The average Bonchev–Trinajstić information content (AvgIpc) is 3.42. The molecular formula is C24H24N2O6. The maximum Gasteiger partial charge on any atom is 0.310 e. The number of anilines is 2. The van der Waals surface area contributed by atoms with E-state index < -0.39 is 0 Å². The number of benzene rings is 2. The first-order chi connectivity index (χ1) is 15.5. The Balaban J connectivity index is 1.29. The van der Waals surface area contributed by atoms with Crippen LogP contribution in [0.1, 0.15) is 23.2 Å². The average molecular weight is 436 g/mol. The van der Waals surface area contributed by atoms with Gasteiger partial charge in [-0.25, -0.2) is 0 Å². The minimum absolute atomic E-state index is 0.0106. The number of amides is 2. The molecule has 2 aliphatic carbocycles. The summed E-state index contributed by atoms with van der Waals surface area (Å²) in [7, 11) is 3.07. The predicted molar refractivity (Wildman–Crippen MR) is 116 cm³/mol. The third-order valence-corrected chi connectivity index (χ3v) is 6.84. The van der Waals surface area contributed by atoms with Crippen molar-refractivity contribution in [1.29, 1.82) is 0 Å². The van der Waals surface area contributed by atoms with Crippen molar-refractivity contribution in [1.82, 2.24) is 0 Å². The summed E-state index contributed by atoms with van der Waals surface area (Å²) in [6.45, 7) is 0. The highest BCUT2D eigenvalue weighted by molar-refractivity contribution is 6.06. The molecule has 0 unspecified atom stereocenters. The van der Waals surface area contributed by atoms with Crippen molar-refractivity contribution in [2.75, 3.05) is 24.9 Å². The van der Waals surface area contributed by atoms with E-state index in [0.717, 1.165) is 12.8 Å². The molecule has 8 heteroatoms. The van der Waals surface area contributed by atoms with Gasteiger partial charge in [-0.3, -0.25) is 14.4 Å². The summed E-state index contributed by atoms with van der Waals surface area (Å²) in [5.41, 5.74) is 1.40. The first-order valence-corrected chi connectivity index (χ1v) is 10.6. The van der Waals surface area contributed by atoms with E-state index in [0.29, 0.717) is 28.4 Å². The molecule has 32 heavy (non-hydrogen) atoms. The molecule has 166 valence electrons. The molecule has 0 aromatic heterocycles. The Morgan fingerprint density at radius 1 is 1.03 bits per heavy atom. The van der Waals surface area contributed by atoms with Crippen LogP contribution in [0.4, 0.5) is 11.4 Å². The van der Waals surface area contributed by atoms with E-state index in [2.05, 4.69) is 10.6 Å². The number of methoxy groups -OCH3 is 2. The lowest BCUT2D eigenvalue weighted by molar-refractivity contribution is -0.145. The summed E-state index contributed by atoms with van der Waals surface area (Å²) in [5, 5.41) is 5.72. The number of esters is 1. The van der Waals surface area contributed by atoms with Gasteiger partial charge in [-0.05, 0) is 49.1 Å². The number of fused-ring (bicyclic) bond motifs is 1. The lowest BCUT2D eigenvalue weighted by Crippen LogP contribution is -2.35. The van der Waals surface area contributed by atoms with Crippen LogP contribution in [0, 0.1) is 23.7 Å². The lowest BCUT2D eigenvalue weighted by Gasteiger charge is -2.23. The molecule has 0 radical (unpaired) electrons. The fourth-order valence-electron chi connectivity index (χ4n) is 5.42. The van der Waals surface area contributed by atoms with Crippen molar-refractivity contribution >= 4 is 29.2 Å². The molecule has 1 heterocycles. The fourth-order valence-corrected chi connectivity index (χ4v) is 5.42. The molecule has 1 aliphatic heterocycles. The van der Waals surface area contributed by atoms with Gasteiger partial charge in [0.25, 0.3) is 5.91 Å². The second-order valence-electron chi connectivity index (χ2n) is 8.51. The van der Waals surface area contributed by atoms with Gasteiger partial charge in [-0.15, -0.1) is 0 Å². The number of ether oxygens (including phenoxy) is 3. The van der Waals surface area contributed by atoms with Crippen LogP contribution in [-0.4, -0.2) is 38.1 Å². The molecule has 3 aliphatic rings. The van der Waals surface area contributed by atoms with E-state index in [9.17, 15) is 14.4 Å². The molecule has 3 fully saturated rings. The van der Waals surface area contributed by atoms with Gasteiger partial charge in [-0.1, -0.05) is 6.07 Å². The number of nitrogens with one attached hydrogen (secondary N) is 2. The SMILES string of the molecule is COc1ccc(NC(=O)c2cccc(NC(=O)[C@@H]3[C@@H]4C[C@@H]5[C@@H]3C(=O)O[C@@H]5C4)c2)c(OC)c1. The van der Waals surface area contributed by atoms with Crippen molar-refractivity contribution in [3.63, 3.8) is 0 Å². The molecule has 2 saturated carbocycles.